The maximum Gasteiger partial charge on any atom is 0.193 e. The first kappa shape index (κ1) is 19.9. The highest BCUT2D eigenvalue weighted by Crippen LogP contribution is 2.16. The van der Waals surface area contributed by atoms with E-state index in [0.717, 1.165) is 84.1 Å². The van der Waals surface area contributed by atoms with Gasteiger partial charge in [-0.05, 0) is 26.2 Å². The number of hydrogen-bond donors (Lipinski definition) is 1. The molecule has 1 atom stereocenters. The summed E-state index contributed by atoms with van der Waals surface area (Å²) in [6, 6.07) is 0. The summed E-state index contributed by atoms with van der Waals surface area (Å²) in [5, 5.41) is 3.56. The highest BCUT2D eigenvalue weighted by Gasteiger charge is 2.27. The number of piperazine rings is 1. The molecule has 3 saturated heterocycles. The predicted octanol–water partition coefficient (Wildman–Crippen LogP) is 0.327. The third-order valence-electron chi connectivity index (χ3n) is 5.64. The van der Waals surface area contributed by atoms with Gasteiger partial charge >= 0.3 is 0 Å². The van der Waals surface area contributed by atoms with Crippen molar-refractivity contribution in [2.24, 2.45) is 10.9 Å². The van der Waals surface area contributed by atoms with Crippen LogP contribution in [0.5, 0.6) is 0 Å². The molecule has 7 nitrogen and oxygen atoms in total. The summed E-state index contributed by atoms with van der Waals surface area (Å²) >= 11 is 0. The van der Waals surface area contributed by atoms with Crippen LogP contribution in [0.2, 0.25) is 0 Å². The van der Waals surface area contributed by atoms with E-state index in [4.69, 9.17) is 9.47 Å². The van der Waals surface area contributed by atoms with Crippen LogP contribution in [0.1, 0.15) is 20.3 Å². The number of nitrogens with one attached hydrogen (secondary N) is 1. The van der Waals surface area contributed by atoms with Crippen molar-refractivity contribution in [1.29, 1.82) is 0 Å². The van der Waals surface area contributed by atoms with Gasteiger partial charge in [-0.25, -0.2) is 0 Å². The molecule has 0 radical (unpaired) electrons. The number of rotatable bonds is 5. The van der Waals surface area contributed by atoms with Crippen LogP contribution in [0.3, 0.4) is 0 Å². The molecule has 0 spiro atoms. The minimum absolute atomic E-state index is 0.0272. The standard InChI is InChI=1S/C19H37N5O2/c1-19(2)16-23(11-13-26-19)6-5-21-18(20-3)24-9-7-22(8-10-24)14-17-4-12-25-15-17/h17H,4-16H2,1-3H3,(H,20,21). The summed E-state index contributed by atoms with van der Waals surface area (Å²) in [5.74, 6) is 1.78. The second kappa shape index (κ2) is 9.35. The van der Waals surface area contributed by atoms with Gasteiger partial charge in [0.15, 0.2) is 5.96 Å². The van der Waals surface area contributed by atoms with Crippen molar-refractivity contribution >= 4 is 5.96 Å². The van der Waals surface area contributed by atoms with Gasteiger partial charge in [-0.3, -0.25) is 14.8 Å². The number of aliphatic imine (C=N–C) groups is 1. The number of nitrogens with zero attached hydrogens (tertiary/aromatic N) is 4. The van der Waals surface area contributed by atoms with E-state index < -0.39 is 0 Å². The Bertz CT molecular complexity index is 457. The van der Waals surface area contributed by atoms with Gasteiger partial charge < -0.3 is 19.7 Å². The van der Waals surface area contributed by atoms with Crippen LogP contribution < -0.4 is 5.32 Å². The first-order chi connectivity index (χ1) is 12.6. The minimum Gasteiger partial charge on any atom is -0.381 e. The SMILES string of the molecule is CN=C(NCCN1CCOC(C)(C)C1)N1CCN(CC2CCOC2)CC1. The molecule has 26 heavy (non-hydrogen) atoms. The third-order valence-corrected chi connectivity index (χ3v) is 5.64. The average molecular weight is 368 g/mol. The van der Waals surface area contributed by atoms with Gasteiger partial charge in [-0.2, -0.15) is 0 Å². The molecule has 0 aromatic heterocycles. The van der Waals surface area contributed by atoms with Gasteiger partial charge in [0.1, 0.15) is 0 Å². The molecule has 0 aromatic rings. The third kappa shape index (κ3) is 5.81. The zero-order valence-electron chi connectivity index (χ0n) is 16.9. The maximum atomic E-state index is 5.79. The summed E-state index contributed by atoms with van der Waals surface area (Å²) in [5.41, 5.74) is -0.0272. The Morgan fingerprint density at radius 1 is 1.12 bits per heavy atom. The second-order valence-electron chi connectivity index (χ2n) is 8.38. The molecule has 0 aromatic carbocycles. The first-order valence-corrected chi connectivity index (χ1v) is 10.2. The fourth-order valence-electron chi connectivity index (χ4n) is 4.20. The summed E-state index contributed by atoms with van der Waals surface area (Å²) in [6.45, 7) is 16.6. The van der Waals surface area contributed by atoms with Crippen molar-refractivity contribution in [3.05, 3.63) is 0 Å². The van der Waals surface area contributed by atoms with E-state index in [0.29, 0.717) is 0 Å². The highest BCUT2D eigenvalue weighted by atomic mass is 16.5. The summed E-state index contributed by atoms with van der Waals surface area (Å²) in [4.78, 5) is 12.0. The Kier molecular flexibility index (Phi) is 7.14. The topological polar surface area (TPSA) is 52.6 Å². The zero-order chi connectivity index (χ0) is 18.4. The van der Waals surface area contributed by atoms with Gasteiger partial charge in [-0.15, -0.1) is 0 Å². The molecule has 0 aliphatic carbocycles. The van der Waals surface area contributed by atoms with Crippen LogP contribution in [-0.2, 0) is 9.47 Å². The number of guanidine groups is 1. The Labute approximate surface area is 158 Å². The predicted molar refractivity (Wildman–Crippen MR) is 105 cm³/mol. The van der Waals surface area contributed by atoms with Gasteiger partial charge in [0.25, 0.3) is 0 Å². The van der Waals surface area contributed by atoms with Crippen LogP contribution in [-0.4, -0.2) is 112 Å². The average Bonchev–Trinajstić information content (AvgIpc) is 3.12. The van der Waals surface area contributed by atoms with Crippen molar-refractivity contribution in [3.63, 3.8) is 0 Å². The molecule has 3 rings (SSSR count). The molecule has 3 aliphatic heterocycles. The Morgan fingerprint density at radius 2 is 1.92 bits per heavy atom. The second-order valence-corrected chi connectivity index (χ2v) is 8.38. The molecule has 0 bridgehead atoms. The molecule has 3 aliphatic rings. The Hall–Kier alpha value is -0.890. The van der Waals surface area contributed by atoms with Crippen molar-refractivity contribution in [3.8, 4) is 0 Å². The fourth-order valence-corrected chi connectivity index (χ4v) is 4.20. The van der Waals surface area contributed by atoms with E-state index in [1.807, 2.05) is 7.05 Å². The van der Waals surface area contributed by atoms with E-state index in [1.54, 1.807) is 0 Å². The fraction of sp³-hybridized carbons (Fsp3) is 0.947. The first-order valence-electron chi connectivity index (χ1n) is 10.2. The zero-order valence-corrected chi connectivity index (χ0v) is 16.9. The van der Waals surface area contributed by atoms with Gasteiger partial charge in [0.05, 0.1) is 18.8 Å². The molecule has 3 fully saturated rings. The van der Waals surface area contributed by atoms with E-state index in [-0.39, 0.29) is 5.60 Å². The lowest BCUT2D eigenvalue weighted by atomic mass is 10.1. The Balaban J connectivity index is 1.35. The quantitative estimate of drug-likeness (QED) is 0.558. The van der Waals surface area contributed by atoms with E-state index in [2.05, 4.69) is 38.9 Å². The van der Waals surface area contributed by atoms with Crippen LogP contribution >= 0.6 is 0 Å². The summed E-state index contributed by atoms with van der Waals surface area (Å²) < 4.78 is 11.3. The number of ether oxygens (including phenoxy) is 2. The van der Waals surface area contributed by atoms with Crippen molar-refractivity contribution in [1.82, 2.24) is 20.0 Å². The minimum atomic E-state index is -0.0272. The molecule has 150 valence electrons. The normalized spacial score (nSPS) is 28.5. The number of hydrogen-bond acceptors (Lipinski definition) is 5. The van der Waals surface area contributed by atoms with Crippen LogP contribution in [0.4, 0.5) is 0 Å². The van der Waals surface area contributed by atoms with Crippen LogP contribution in [0.25, 0.3) is 0 Å². The molecule has 1 unspecified atom stereocenters. The van der Waals surface area contributed by atoms with Crippen LogP contribution in [0, 0.1) is 5.92 Å². The molecular weight excluding hydrogens is 330 g/mol. The molecule has 0 saturated carbocycles. The van der Waals surface area contributed by atoms with E-state index in [1.165, 1.54) is 13.0 Å². The largest absolute Gasteiger partial charge is 0.381 e. The monoisotopic (exact) mass is 367 g/mol. The van der Waals surface area contributed by atoms with Gasteiger partial charge in [0.2, 0.25) is 0 Å². The summed E-state index contributed by atoms with van der Waals surface area (Å²) in [6.07, 6.45) is 1.22. The number of morpholine rings is 1. The smallest absolute Gasteiger partial charge is 0.193 e. The Morgan fingerprint density at radius 3 is 2.58 bits per heavy atom. The highest BCUT2D eigenvalue weighted by molar-refractivity contribution is 5.80. The molecule has 3 heterocycles. The molecule has 0 amide bonds. The molecule has 7 heteroatoms. The van der Waals surface area contributed by atoms with E-state index in [9.17, 15) is 0 Å². The maximum absolute atomic E-state index is 5.79. The lowest BCUT2D eigenvalue weighted by Gasteiger charge is -2.39. The van der Waals surface area contributed by atoms with E-state index >= 15 is 0 Å². The van der Waals surface area contributed by atoms with Crippen LogP contribution in [0.15, 0.2) is 4.99 Å². The lowest BCUT2D eigenvalue weighted by molar-refractivity contribution is -0.0852. The molecular formula is C19H37N5O2. The molecule has 1 N–H and O–H groups in total. The van der Waals surface area contributed by atoms with Crippen molar-refractivity contribution in [2.45, 2.75) is 25.9 Å². The van der Waals surface area contributed by atoms with Crippen molar-refractivity contribution in [2.75, 3.05) is 85.8 Å². The van der Waals surface area contributed by atoms with Gasteiger partial charge in [0, 0.05) is 72.6 Å². The van der Waals surface area contributed by atoms with Crippen molar-refractivity contribution < 1.29 is 9.47 Å². The summed E-state index contributed by atoms with van der Waals surface area (Å²) in [7, 11) is 1.89. The van der Waals surface area contributed by atoms with Gasteiger partial charge in [-0.1, -0.05) is 0 Å². The lowest BCUT2D eigenvalue weighted by Crippen LogP contribution is -2.54.